The molecule has 0 unspecified atom stereocenters. The van der Waals surface area contributed by atoms with Gasteiger partial charge in [-0.2, -0.15) is 5.26 Å². The molecule has 122 valence electrons. The molecule has 0 amide bonds. The second-order valence-corrected chi connectivity index (χ2v) is 8.47. The predicted molar refractivity (Wildman–Crippen MR) is 86.3 cm³/mol. The minimum atomic E-state index is -0.120. The molecule has 0 spiro atoms. The van der Waals surface area contributed by atoms with E-state index in [0.29, 0.717) is 48.6 Å². The number of Topliss-reactive ketones (excluding diaryl/α,β-unsaturated/α-hetero) is 2. The lowest BCUT2D eigenvalue weighted by Crippen LogP contribution is -2.51. The maximum Gasteiger partial charge on any atom is 0.139 e. The minimum Gasteiger partial charge on any atom is -0.299 e. The number of allylic oxidation sites excluding steroid dienone is 2. The molecule has 3 fully saturated rings. The Balaban J connectivity index is 1.75. The van der Waals surface area contributed by atoms with Gasteiger partial charge in [0.1, 0.15) is 11.6 Å². The van der Waals surface area contributed by atoms with Crippen LogP contribution in [0.15, 0.2) is 11.6 Å². The highest BCUT2D eigenvalue weighted by Crippen LogP contribution is 2.64. The van der Waals surface area contributed by atoms with Gasteiger partial charge in [0.2, 0.25) is 0 Å². The Morgan fingerprint density at radius 2 is 2.04 bits per heavy atom. The van der Waals surface area contributed by atoms with E-state index in [1.54, 1.807) is 0 Å². The highest BCUT2D eigenvalue weighted by Gasteiger charge is 2.59. The van der Waals surface area contributed by atoms with Gasteiger partial charge < -0.3 is 0 Å². The van der Waals surface area contributed by atoms with E-state index in [4.69, 9.17) is 0 Å². The normalized spacial score (nSPS) is 45.6. The van der Waals surface area contributed by atoms with Crippen LogP contribution < -0.4 is 0 Å². The van der Waals surface area contributed by atoms with E-state index in [1.165, 1.54) is 5.57 Å². The lowest BCUT2D eigenvalue weighted by molar-refractivity contribution is -0.132. The van der Waals surface area contributed by atoms with Crippen LogP contribution >= 0.6 is 0 Å². The van der Waals surface area contributed by atoms with Crippen molar-refractivity contribution in [3.63, 3.8) is 0 Å². The fourth-order valence-corrected chi connectivity index (χ4v) is 6.52. The minimum absolute atomic E-state index is 0.0709. The van der Waals surface area contributed by atoms with Crippen molar-refractivity contribution < 1.29 is 9.59 Å². The van der Waals surface area contributed by atoms with Gasteiger partial charge in [0.25, 0.3) is 0 Å². The molecule has 3 nitrogen and oxygen atoms in total. The van der Waals surface area contributed by atoms with Crippen LogP contribution in [-0.2, 0) is 9.59 Å². The van der Waals surface area contributed by atoms with E-state index in [1.807, 2.05) is 0 Å². The topological polar surface area (TPSA) is 57.9 Å². The van der Waals surface area contributed by atoms with E-state index in [-0.39, 0.29) is 10.8 Å². The molecule has 0 aromatic heterocycles. The third-order valence-electron chi connectivity index (χ3n) is 7.76. The van der Waals surface area contributed by atoms with Gasteiger partial charge in [0.15, 0.2) is 0 Å². The van der Waals surface area contributed by atoms with Crippen molar-refractivity contribution in [3.05, 3.63) is 11.6 Å². The first-order valence-electron chi connectivity index (χ1n) is 9.13. The first-order valence-corrected chi connectivity index (χ1v) is 9.13. The summed E-state index contributed by atoms with van der Waals surface area (Å²) in [6, 6.07) is 2.43. The Hall–Kier alpha value is -1.43. The first kappa shape index (κ1) is 15.1. The zero-order valence-corrected chi connectivity index (χ0v) is 13.9. The molecule has 0 radical (unpaired) electrons. The summed E-state index contributed by atoms with van der Waals surface area (Å²) >= 11 is 0. The van der Waals surface area contributed by atoms with E-state index in [0.717, 1.165) is 38.5 Å². The van der Waals surface area contributed by atoms with Crippen LogP contribution in [0.25, 0.3) is 0 Å². The number of nitrogens with zero attached hydrogens (tertiary/aromatic N) is 1. The highest BCUT2D eigenvalue weighted by molar-refractivity contribution is 5.87. The second kappa shape index (κ2) is 5.03. The van der Waals surface area contributed by atoms with Crippen LogP contribution in [0.4, 0.5) is 0 Å². The van der Waals surface area contributed by atoms with Crippen LogP contribution in [-0.4, -0.2) is 11.6 Å². The Bertz CT molecular complexity index is 643. The summed E-state index contributed by atoms with van der Waals surface area (Å²) < 4.78 is 0. The average Bonchev–Trinajstić information content (AvgIpc) is 2.84. The van der Waals surface area contributed by atoms with Gasteiger partial charge in [-0.15, -0.1) is 0 Å². The fourth-order valence-electron chi connectivity index (χ4n) is 6.52. The van der Waals surface area contributed by atoms with Gasteiger partial charge in [0.05, 0.1) is 6.07 Å². The summed E-state index contributed by atoms with van der Waals surface area (Å²) in [6.45, 7) is 2.18. The van der Waals surface area contributed by atoms with Gasteiger partial charge in [-0.05, 0) is 49.9 Å². The molecule has 0 saturated heterocycles. The van der Waals surface area contributed by atoms with Gasteiger partial charge in [-0.1, -0.05) is 18.6 Å². The van der Waals surface area contributed by atoms with E-state index in [2.05, 4.69) is 19.1 Å². The van der Waals surface area contributed by atoms with Crippen molar-refractivity contribution in [1.82, 2.24) is 0 Å². The molecular weight excluding hydrogens is 286 g/mol. The highest BCUT2D eigenvalue weighted by atomic mass is 16.1. The molecule has 3 saturated carbocycles. The largest absolute Gasteiger partial charge is 0.299 e. The van der Waals surface area contributed by atoms with Gasteiger partial charge in [-0.25, -0.2) is 0 Å². The SMILES string of the molecule is C[C@]12CC[C@@H]3[C@@H](CC=C4CC(=O)CC[C@@]43CC#N)[C@@H]1CCC2=O. The number of carbonyl (C=O) groups is 2. The predicted octanol–water partition coefficient (Wildman–Crippen LogP) is 3.98. The number of rotatable bonds is 1. The number of fused-ring (bicyclic) bond motifs is 5. The van der Waals surface area contributed by atoms with Gasteiger partial charge in [-0.3, -0.25) is 9.59 Å². The number of hydrogen-bond donors (Lipinski definition) is 0. The number of hydrogen-bond acceptors (Lipinski definition) is 3. The Morgan fingerprint density at radius 1 is 1.22 bits per heavy atom. The summed E-state index contributed by atoms with van der Waals surface area (Å²) in [5.41, 5.74) is 1.06. The lowest BCUT2D eigenvalue weighted by Gasteiger charge is -2.56. The van der Waals surface area contributed by atoms with Crippen LogP contribution in [0.5, 0.6) is 0 Å². The molecule has 3 heteroatoms. The lowest BCUT2D eigenvalue weighted by atomic mass is 9.47. The molecule has 0 aromatic rings. The third-order valence-corrected chi connectivity index (χ3v) is 7.76. The standard InChI is InChI=1S/C20H25NO2/c1-19-8-7-17-15(16(19)4-5-18(19)23)3-2-13-12-14(22)6-9-20(13,17)10-11-21/h2,15-17H,3-10,12H2,1H3/t15-,16-,17+,19-,20+/m0/s1. The number of nitriles is 1. The molecule has 0 N–H and O–H groups in total. The number of ketones is 2. The third kappa shape index (κ3) is 1.93. The first-order chi connectivity index (χ1) is 11.0. The molecule has 4 aliphatic carbocycles. The van der Waals surface area contributed by atoms with Crippen molar-refractivity contribution in [2.24, 2.45) is 28.6 Å². The van der Waals surface area contributed by atoms with Crippen molar-refractivity contribution in [2.75, 3.05) is 0 Å². The summed E-state index contributed by atoms with van der Waals surface area (Å²) in [7, 11) is 0. The van der Waals surface area contributed by atoms with Crippen LogP contribution in [0.1, 0.15) is 64.7 Å². The summed E-state index contributed by atoms with van der Waals surface area (Å²) in [5, 5.41) is 9.47. The number of carbonyl (C=O) groups excluding carboxylic acids is 2. The zero-order valence-electron chi connectivity index (χ0n) is 13.9. The smallest absolute Gasteiger partial charge is 0.139 e. The van der Waals surface area contributed by atoms with Gasteiger partial charge in [0, 0.05) is 36.5 Å². The average molecular weight is 311 g/mol. The van der Waals surface area contributed by atoms with Crippen molar-refractivity contribution >= 4 is 11.6 Å². The van der Waals surface area contributed by atoms with E-state index < -0.39 is 0 Å². The Kier molecular flexibility index (Phi) is 3.31. The Morgan fingerprint density at radius 3 is 2.83 bits per heavy atom. The van der Waals surface area contributed by atoms with E-state index >= 15 is 0 Å². The fraction of sp³-hybridized carbons (Fsp3) is 0.750. The van der Waals surface area contributed by atoms with Crippen LogP contribution in [0.3, 0.4) is 0 Å². The Labute approximate surface area is 138 Å². The van der Waals surface area contributed by atoms with Gasteiger partial charge >= 0.3 is 0 Å². The van der Waals surface area contributed by atoms with Crippen molar-refractivity contribution in [1.29, 1.82) is 5.26 Å². The zero-order chi connectivity index (χ0) is 16.2. The van der Waals surface area contributed by atoms with Crippen LogP contribution in [0.2, 0.25) is 0 Å². The molecule has 4 rings (SSSR count). The summed E-state index contributed by atoms with van der Waals surface area (Å²) in [4.78, 5) is 24.4. The molecule has 23 heavy (non-hydrogen) atoms. The molecule has 0 heterocycles. The quantitative estimate of drug-likeness (QED) is 0.688. The monoisotopic (exact) mass is 311 g/mol. The van der Waals surface area contributed by atoms with Crippen molar-refractivity contribution in [3.8, 4) is 6.07 Å². The maximum atomic E-state index is 12.4. The maximum absolute atomic E-state index is 12.4. The molecule has 5 atom stereocenters. The molecule has 0 aromatic carbocycles. The second-order valence-electron chi connectivity index (χ2n) is 8.47. The molecule has 0 bridgehead atoms. The van der Waals surface area contributed by atoms with E-state index in [9.17, 15) is 14.9 Å². The molecule has 4 aliphatic rings. The van der Waals surface area contributed by atoms with Crippen LogP contribution in [0, 0.1) is 39.9 Å². The molecular formula is C20H25NO2. The van der Waals surface area contributed by atoms with Crippen molar-refractivity contribution in [2.45, 2.75) is 64.7 Å². The summed E-state index contributed by atoms with van der Waals surface area (Å²) in [6.07, 6.45) is 9.68. The molecule has 0 aliphatic heterocycles. The summed E-state index contributed by atoms with van der Waals surface area (Å²) in [5.74, 6) is 2.31.